The predicted octanol–water partition coefficient (Wildman–Crippen LogP) is 3.47. The van der Waals surface area contributed by atoms with Crippen LogP contribution in [0.5, 0.6) is 0 Å². The molecule has 17 heavy (non-hydrogen) atoms. The molecule has 0 spiro atoms. The molecule has 0 radical (unpaired) electrons. The van der Waals surface area contributed by atoms with E-state index in [9.17, 15) is 4.79 Å². The van der Waals surface area contributed by atoms with Gasteiger partial charge in [-0.3, -0.25) is 4.79 Å². The molecule has 1 aromatic rings. The molecule has 1 aromatic carbocycles. The van der Waals surface area contributed by atoms with Crippen molar-refractivity contribution in [2.75, 3.05) is 6.54 Å². The Balaban J connectivity index is 2.50. The van der Waals surface area contributed by atoms with Crippen LogP contribution in [0.2, 0.25) is 0 Å². The Hall–Kier alpha value is -1.31. The highest BCUT2D eigenvalue weighted by Crippen LogP contribution is 2.12. The summed E-state index contributed by atoms with van der Waals surface area (Å²) < 4.78 is 0. The van der Waals surface area contributed by atoms with Crippen LogP contribution in [0.15, 0.2) is 18.2 Å². The van der Waals surface area contributed by atoms with E-state index in [0.29, 0.717) is 5.92 Å². The summed E-state index contributed by atoms with van der Waals surface area (Å²) in [5.74, 6) is 0.752. The highest BCUT2D eigenvalue weighted by Gasteiger charge is 2.09. The number of hydrogen-bond donors (Lipinski definition) is 1. The van der Waals surface area contributed by atoms with E-state index in [1.807, 2.05) is 32.0 Å². The summed E-state index contributed by atoms with van der Waals surface area (Å²) in [4.78, 5) is 12.0. The van der Waals surface area contributed by atoms with Gasteiger partial charge in [-0.25, -0.2) is 0 Å². The fraction of sp³-hybridized carbons (Fsp3) is 0.533. The van der Waals surface area contributed by atoms with Crippen LogP contribution in [-0.4, -0.2) is 12.5 Å². The van der Waals surface area contributed by atoms with Gasteiger partial charge in [0.15, 0.2) is 0 Å². The van der Waals surface area contributed by atoms with Gasteiger partial charge in [-0.2, -0.15) is 0 Å². The first-order valence-electron chi connectivity index (χ1n) is 6.36. The summed E-state index contributed by atoms with van der Waals surface area (Å²) in [6.45, 7) is 9.20. The number of rotatable bonds is 5. The van der Waals surface area contributed by atoms with Crippen LogP contribution < -0.4 is 5.32 Å². The van der Waals surface area contributed by atoms with Crippen molar-refractivity contribution in [3.05, 3.63) is 34.9 Å². The minimum atomic E-state index is 0.0509. The first-order valence-corrected chi connectivity index (χ1v) is 6.36. The molecule has 94 valence electrons. The molecule has 0 saturated heterocycles. The third kappa shape index (κ3) is 4.22. The van der Waals surface area contributed by atoms with Crippen LogP contribution in [-0.2, 0) is 0 Å². The van der Waals surface area contributed by atoms with Gasteiger partial charge < -0.3 is 5.32 Å². The standard InChI is InChI=1S/C15H23NO/c1-11(2)7-6-10-16-15(17)14-9-5-8-12(3)13(14)4/h5,8-9,11H,6-7,10H2,1-4H3,(H,16,17). The fourth-order valence-corrected chi connectivity index (χ4v) is 1.80. The summed E-state index contributed by atoms with van der Waals surface area (Å²) in [5.41, 5.74) is 3.04. The molecule has 0 unspecified atom stereocenters. The molecule has 0 aliphatic rings. The Morgan fingerprint density at radius 3 is 2.65 bits per heavy atom. The molecule has 0 aliphatic heterocycles. The average molecular weight is 233 g/mol. The Bertz CT molecular complexity index is 383. The predicted molar refractivity (Wildman–Crippen MR) is 72.3 cm³/mol. The molecular weight excluding hydrogens is 210 g/mol. The lowest BCUT2D eigenvalue weighted by molar-refractivity contribution is 0.0952. The quantitative estimate of drug-likeness (QED) is 0.775. The number of aryl methyl sites for hydroxylation is 1. The normalized spacial score (nSPS) is 10.6. The summed E-state index contributed by atoms with van der Waals surface area (Å²) in [6, 6.07) is 5.86. The fourth-order valence-electron chi connectivity index (χ4n) is 1.80. The number of carbonyl (C=O) groups is 1. The van der Waals surface area contributed by atoms with E-state index in [0.717, 1.165) is 30.5 Å². The number of nitrogens with one attached hydrogen (secondary N) is 1. The van der Waals surface area contributed by atoms with E-state index in [1.54, 1.807) is 0 Å². The summed E-state index contributed by atoms with van der Waals surface area (Å²) >= 11 is 0. The summed E-state index contributed by atoms with van der Waals surface area (Å²) in [6.07, 6.45) is 2.21. The van der Waals surface area contributed by atoms with E-state index in [2.05, 4.69) is 19.2 Å². The Morgan fingerprint density at radius 2 is 2.00 bits per heavy atom. The van der Waals surface area contributed by atoms with Crippen molar-refractivity contribution >= 4 is 5.91 Å². The van der Waals surface area contributed by atoms with Crippen LogP contribution in [0.3, 0.4) is 0 Å². The lowest BCUT2D eigenvalue weighted by atomic mass is 10.0. The maximum atomic E-state index is 12.0. The zero-order valence-electron chi connectivity index (χ0n) is 11.3. The van der Waals surface area contributed by atoms with Crippen LogP contribution in [0.25, 0.3) is 0 Å². The van der Waals surface area contributed by atoms with Gasteiger partial charge in [-0.15, -0.1) is 0 Å². The molecule has 0 heterocycles. The molecule has 1 amide bonds. The van der Waals surface area contributed by atoms with Gasteiger partial charge in [-0.05, 0) is 49.8 Å². The van der Waals surface area contributed by atoms with Crippen LogP contribution >= 0.6 is 0 Å². The maximum absolute atomic E-state index is 12.0. The first-order chi connectivity index (χ1) is 8.02. The molecule has 0 saturated carbocycles. The molecule has 0 fully saturated rings. The Kier molecular flexibility index (Phi) is 5.20. The van der Waals surface area contributed by atoms with Crippen molar-refractivity contribution in [2.45, 2.75) is 40.5 Å². The molecule has 1 N–H and O–H groups in total. The van der Waals surface area contributed by atoms with Crippen molar-refractivity contribution in [1.29, 1.82) is 0 Å². The third-order valence-corrected chi connectivity index (χ3v) is 3.09. The SMILES string of the molecule is Cc1cccc(C(=O)NCCCC(C)C)c1C. The van der Waals surface area contributed by atoms with Gasteiger partial charge in [0.05, 0.1) is 0 Å². The highest BCUT2D eigenvalue weighted by atomic mass is 16.1. The Labute approximate surface area is 104 Å². The lowest BCUT2D eigenvalue weighted by Gasteiger charge is -2.10. The van der Waals surface area contributed by atoms with Gasteiger partial charge in [0.2, 0.25) is 0 Å². The van der Waals surface area contributed by atoms with E-state index >= 15 is 0 Å². The van der Waals surface area contributed by atoms with Crippen molar-refractivity contribution in [2.24, 2.45) is 5.92 Å². The second kappa shape index (κ2) is 6.43. The van der Waals surface area contributed by atoms with Gasteiger partial charge >= 0.3 is 0 Å². The van der Waals surface area contributed by atoms with Crippen molar-refractivity contribution < 1.29 is 4.79 Å². The third-order valence-electron chi connectivity index (χ3n) is 3.09. The number of carbonyl (C=O) groups excluding carboxylic acids is 1. The van der Waals surface area contributed by atoms with E-state index < -0.39 is 0 Å². The van der Waals surface area contributed by atoms with Gasteiger partial charge in [0, 0.05) is 12.1 Å². The molecule has 0 aromatic heterocycles. The molecular formula is C15H23NO. The van der Waals surface area contributed by atoms with Gasteiger partial charge in [-0.1, -0.05) is 26.0 Å². The minimum absolute atomic E-state index is 0.0509. The molecule has 0 aliphatic carbocycles. The van der Waals surface area contributed by atoms with E-state index in [1.165, 1.54) is 5.56 Å². The Morgan fingerprint density at radius 1 is 1.29 bits per heavy atom. The monoisotopic (exact) mass is 233 g/mol. The molecule has 0 bridgehead atoms. The number of benzene rings is 1. The van der Waals surface area contributed by atoms with E-state index in [4.69, 9.17) is 0 Å². The lowest BCUT2D eigenvalue weighted by Crippen LogP contribution is -2.25. The zero-order chi connectivity index (χ0) is 12.8. The van der Waals surface area contributed by atoms with Crippen molar-refractivity contribution in [3.8, 4) is 0 Å². The van der Waals surface area contributed by atoms with Crippen LogP contribution in [0, 0.1) is 19.8 Å². The smallest absolute Gasteiger partial charge is 0.251 e. The summed E-state index contributed by atoms with van der Waals surface area (Å²) in [7, 11) is 0. The van der Waals surface area contributed by atoms with Crippen molar-refractivity contribution in [1.82, 2.24) is 5.32 Å². The molecule has 1 rings (SSSR count). The second-order valence-corrected chi connectivity index (χ2v) is 5.04. The van der Waals surface area contributed by atoms with Crippen LogP contribution in [0.4, 0.5) is 0 Å². The van der Waals surface area contributed by atoms with Gasteiger partial charge in [0.25, 0.3) is 5.91 Å². The molecule has 2 nitrogen and oxygen atoms in total. The topological polar surface area (TPSA) is 29.1 Å². The molecule has 2 heteroatoms. The van der Waals surface area contributed by atoms with Crippen LogP contribution in [0.1, 0.15) is 48.2 Å². The zero-order valence-corrected chi connectivity index (χ0v) is 11.3. The molecule has 0 atom stereocenters. The minimum Gasteiger partial charge on any atom is -0.352 e. The van der Waals surface area contributed by atoms with Gasteiger partial charge in [0.1, 0.15) is 0 Å². The first kappa shape index (κ1) is 13.8. The van der Waals surface area contributed by atoms with E-state index in [-0.39, 0.29) is 5.91 Å². The largest absolute Gasteiger partial charge is 0.352 e. The number of amides is 1. The maximum Gasteiger partial charge on any atom is 0.251 e. The highest BCUT2D eigenvalue weighted by molar-refractivity contribution is 5.95. The number of hydrogen-bond acceptors (Lipinski definition) is 1. The second-order valence-electron chi connectivity index (χ2n) is 5.04. The van der Waals surface area contributed by atoms with Crippen molar-refractivity contribution in [3.63, 3.8) is 0 Å². The average Bonchev–Trinajstić information content (AvgIpc) is 2.27. The summed E-state index contributed by atoms with van der Waals surface area (Å²) in [5, 5.41) is 2.98.